The van der Waals surface area contributed by atoms with Crippen LogP contribution in [0.1, 0.15) is 11.1 Å². The number of benzene rings is 2. The van der Waals surface area contributed by atoms with Gasteiger partial charge in [0.1, 0.15) is 5.69 Å². The maximum atomic E-state index is 13.4. The number of nitrogens with zero attached hydrogens (tertiary/aromatic N) is 4. The van der Waals surface area contributed by atoms with Crippen LogP contribution in [0, 0.1) is 20.2 Å². The second-order valence-electron chi connectivity index (χ2n) is 7.07. The lowest BCUT2D eigenvalue weighted by Gasteiger charge is -2.23. The molecule has 182 valence electrons. The highest BCUT2D eigenvalue weighted by Crippen LogP contribution is 2.42. The lowest BCUT2D eigenvalue weighted by Crippen LogP contribution is -2.28. The Morgan fingerprint density at radius 1 is 0.971 bits per heavy atom. The minimum Gasteiger partial charge on any atom is -0.370 e. The van der Waals surface area contributed by atoms with E-state index in [-0.39, 0.29) is 6.07 Å². The van der Waals surface area contributed by atoms with Crippen molar-refractivity contribution in [3.8, 4) is 0 Å². The number of anilines is 2. The van der Waals surface area contributed by atoms with Crippen molar-refractivity contribution in [2.45, 2.75) is 6.18 Å². The first-order valence-corrected chi connectivity index (χ1v) is 12.3. The molecule has 0 unspecified atom stereocenters. The van der Waals surface area contributed by atoms with E-state index < -0.39 is 38.6 Å². The van der Waals surface area contributed by atoms with E-state index in [0.717, 1.165) is 41.8 Å². The van der Waals surface area contributed by atoms with Crippen molar-refractivity contribution in [3.05, 3.63) is 67.8 Å². The first kappa shape index (κ1) is 25.6. The summed E-state index contributed by atoms with van der Waals surface area (Å²) in [6.07, 6.45) is -3.85. The van der Waals surface area contributed by atoms with E-state index in [9.17, 15) is 33.4 Å². The quantitative estimate of drug-likeness (QED) is 0.315. The molecule has 3 rings (SSSR count). The van der Waals surface area contributed by atoms with Gasteiger partial charge in [-0.05, 0) is 17.7 Å². The average molecular weight is 516 g/mol. The standard InChI is InChI=1S/C20H20F3N5O4S2/c21-20(22,23)17-11-16(27(29)30)12-18(28(31)32)19(17)25-24-13-14-1-3-15(4-2-14)26-5-7-33-9-10-34-8-6-26/h1-4,11-13,25H,5-10H2/b24-13+. The summed E-state index contributed by atoms with van der Waals surface area (Å²) in [7, 11) is 0. The van der Waals surface area contributed by atoms with Gasteiger partial charge in [-0.15, -0.1) is 0 Å². The number of halogens is 3. The van der Waals surface area contributed by atoms with Crippen molar-refractivity contribution in [2.75, 3.05) is 46.4 Å². The monoisotopic (exact) mass is 515 g/mol. The first-order valence-electron chi connectivity index (χ1n) is 10.0. The summed E-state index contributed by atoms with van der Waals surface area (Å²) in [5.74, 6) is 4.29. The van der Waals surface area contributed by atoms with Gasteiger partial charge in [-0.2, -0.15) is 41.8 Å². The van der Waals surface area contributed by atoms with Gasteiger partial charge < -0.3 is 4.90 Å². The topological polar surface area (TPSA) is 114 Å². The van der Waals surface area contributed by atoms with Crippen LogP contribution >= 0.6 is 23.5 Å². The lowest BCUT2D eigenvalue weighted by atomic mass is 10.1. The number of rotatable bonds is 6. The molecule has 0 spiro atoms. The Kier molecular flexibility index (Phi) is 8.61. The Balaban J connectivity index is 1.80. The molecule has 0 saturated carbocycles. The third-order valence-corrected chi connectivity index (χ3v) is 7.03. The summed E-state index contributed by atoms with van der Waals surface area (Å²) in [6, 6.07) is 7.94. The maximum absolute atomic E-state index is 13.4. The highest BCUT2D eigenvalue weighted by atomic mass is 32.2. The molecule has 0 amide bonds. The molecule has 0 atom stereocenters. The minimum atomic E-state index is -5.07. The summed E-state index contributed by atoms with van der Waals surface area (Å²) < 4.78 is 40.3. The molecule has 0 aromatic heterocycles. The number of nitro benzene ring substituents is 2. The van der Waals surface area contributed by atoms with Crippen LogP contribution in [0.25, 0.3) is 0 Å². The highest BCUT2D eigenvalue weighted by Gasteiger charge is 2.39. The third kappa shape index (κ3) is 6.76. The van der Waals surface area contributed by atoms with Crippen LogP contribution in [0.15, 0.2) is 41.5 Å². The summed E-state index contributed by atoms with van der Waals surface area (Å²) in [5.41, 5.74) is -1.04. The fraction of sp³-hybridized carbons (Fsp3) is 0.350. The molecule has 0 radical (unpaired) electrons. The second kappa shape index (κ2) is 11.4. The van der Waals surface area contributed by atoms with Crippen LogP contribution in [0.5, 0.6) is 0 Å². The van der Waals surface area contributed by atoms with Gasteiger partial charge >= 0.3 is 11.9 Å². The zero-order valence-corrected chi connectivity index (χ0v) is 19.3. The summed E-state index contributed by atoms with van der Waals surface area (Å²) >= 11 is 3.81. The number of nitro groups is 2. The summed E-state index contributed by atoms with van der Waals surface area (Å²) in [4.78, 5) is 22.2. The molecule has 1 N–H and O–H groups in total. The van der Waals surface area contributed by atoms with E-state index in [1.807, 2.05) is 35.7 Å². The molecule has 0 bridgehead atoms. The van der Waals surface area contributed by atoms with Gasteiger partial charge in [0.15, 0.2) is 0 Å². The minimum absolute atomic E-state index is 0.238. The van der Waals surface area contributed by atoms with Crippen molar-refractivity contribution < 1.29 is 23.0 Å². The zero-order valence-electron chi connectivity index (χ0n) is 17.7. The number of nitrogens with one attached hydrogen (secondary N) is 1. The Morgan fingerprint density at radius 3 is 2.12 bits per heavy atom. The predicted octanol–water partition coefficient (Wildman–Crippen LogP) is 5.25. The smallest absolute Gasteiger partial charge is 0.370 e. The second-order valence-corrected chi connectivity index (χ2v) is 9.52. The van der Waals surface area contributed by atoms with E-state index in [1.165, 1.54) is 6.21 Å². The molecule has 14 heteroatoms. The number of thioether (sulfide) groups is 2. The van der Waals surface area contributed by atoms with Crippen LogP contribution in [0.4, 0.5) is 35.9 Å². The molecule has 1 heterocycles. The number of hydrazone groups is 1. The third-order valence-electron chi connectivity index (χ3n) is 4.85. The van der Waals surface area contributed by atoms with E-state index in [4.69, 9.17) is 0 Å². The first-order chi connectivity index (χ1) is 16.2. The van der Waals surface area contributed by atoms with E-state index >= 15 is 0 Å². The molecule has 1 saturated heterocycles. The summed E-state index contributed by atoms with van der Waals surface area (Å²) in [6.45, 7) is 1.81. The van der Waals surface area contributed by atoms with Gasteiger partial charge in [0.25, 0.3) is 5.69 Å². The number of non-ortho nitro benzene ring substituents is 1. The van der Waals surface area contributed by atoms with Crippen molar-refractivity contribution >= 4 is 52.5 Å². The van der Waals surface area contributed by atoms with E-state index in [2.05, 4.69) is 15.4 Å². The van der Waals surface area contributed by atoms with Gasteiger partial charge in [-0.1, -0.05) is 12.1 Å². The maximum Gasteiger partial charge on any atom is 0.418 e. The van der Waals surface area contributed by atoms with Crippen molar-refractivity contribution in [3.63, 3.8) is 0 Å². The van der Waals surface area contributed by atoms with Gasteiger partial charge in [-0.3, -0.25) is 25.7 Å². The average Bonchev–Trinajstić information content (AvgIpc) is 2.92. The Labute approximate surface area is 201 Å². The van der Waals surface area contributed by atoms with Crippen LogP contribution in [-0.2, 0) is 6.18 Å². The molecular formula is C20H20F3N5O4S2. The fourth-order valence-corrected chi connectivity index (χ4v) is 5.24. The van der Waals surface area contributed by atoms with Gasteiger partial charge in [0.05, 0.1) is 27.7 Å². The molecule has 1 aliphatic rings. The lowest BCUT2D eigenvalue weighted by molar-refractivity contribution is -0.394. The van der Waals surface area contributed by atoms with Crippen molar-refractivity contribution in [2.24, 2.45) is 5.10 Å². The number of hydrogen-bond acceptors (Lipinski definition) is 9. The van der Waals surface area contributed by atoms with Gasteiger partial charge in [0, 0.05) is 47.9 Å². The van der Waals surface area contributed by atoms with E-state index in [1.54, 1.807) is 12.1 Å². The van der Waals surface area contributed by atoms with Crippen LogP contribution in [0.3, 0.4) is 0 Å². The molecule has 2 aromatic rings. The highest BCUT2D eigenvalue weighted by molar-refractivity contribution is 8.02. The molecule has 2 aromatic carbocycles. The van der Waals surface area contributed by atoms with Gasteiger partial charge in [0.2, 0.25) is 0 Å². The molecule has 1 aliphatic heterocycles. The van der Waals surface area contributed by atoms with Crippen molar-refractivity contribution in [1.29, 1.82) is 0 Å². The molecule has 34 heavy (non-hydrogen) atoms. The molecule has 1 fully saturated rings. The van der Waals surface area contributed by atoms with Crippen LogP contribution in [-0.4, -0.2) is 52.2 Å². The predicted molar refractivity (Wildman–Crippen MR) is 129 cm³/mol. The summed E-state index contributed by atoms with van der Waals surface area (Å²) in [5, 5.41) is 25.9. The Bertz CT molecular complexity index is 1060. The molecular weight excluding hydrogens is 495 g/mol. The largest absolute Gasteiger partial charge is 0.418 e. The van der Waals surface area contributed by atoms with E-state index in [0.29, 0.717) is 11.6 Å². The van der Waals surface area contributed by atoms with Crippen molar-refractivity contribution in [1.82, 2.24) is 0 Å². The van der Waals surface area contributed by atoms with Crippen LogP contribution < -0.4 is 10.3 Å². The SMILES string of the molecule is O=[N+]([O-])c1cc([N+](=O)[O-])c(N/N=C/c2ccc(N3CCSCCSCC3)cc2)c(C(F)(F)F)c1. The Morgan fingerprint density at radius 2 is 1.59 bits per heavy atom. The molecule has 9 nitrogen and oxygen atoms in total. The number of hydrogen-bond donors (Lipinski definition) is 1. The Hall–Kier alpha value is -3.00. The van der Waals surface area contributed by atoms with Gasteiger partial charge in [-0.25, -0.2) is 0 Å². The zero-order chi connectivity index (χ0) is 24.7. The van der Waals surface area contributed by atoms with Crippen LogP contribution in [0.2, 0.25) is 0 Å². The fourth-order valence-electron chi connectivity index (χ4n) is 3.19. The molecule has 0 aliphatic carbocycles. The number of alkyl halides is 3. The normalized spacial score (nSPS) is 15.4.